The van der Waals surface area contributed by atoms with E-state index in [1.165, 1.54) is 10.4 Å². The Bertz CT molecular complexity index is 905. The molecule has 9 heteroatoms. The molecule has 146 valence electrons. The molecule has 0 spiro atoms. The van der Waals surface area contributed by atoms with Crippen molar-refractivity contribution in [2.45, 2.75) is 45.7 Å². The van der Waals surface area contributed by atoms with Crippen molar-refractivity contribution in [2.24, 2.45) is 0 Å². The first-order valence-corrected chi connectivity index (χ1v) is 11.0. The summed E-state index contributed by atoms with van der Waals surface area (Å²) in [6.07, 6.45) is 0.486. The van der Waals surface area contributed by atoms with Crippen molar-refractivity contribution < 1.29 is 13.2 Å². The zero-order valence-electron chi connectivity index (χ0n) is 15.9. The van der Waals surface area contributed by atoms with Gasteiger partial charge in [-0.1, -0.05) is 38.1 Å². The van der Waals surface area contributed by atoms with Gasteiger partial charge in [-0.3, -0.25) is 4.79 Å². The molecule has 1 saturated heterocycles. The van der Waals surface area contributed by atoms with Gasteiger partial charge in [0.05, 0.1) is 11.5 Å². The number of carbonyl (C=O) groups is 1. The number of hydrogen-bond acceptors (Lipinski definition) is 6. The minimum absolute atomic E-state index is 0.0326. The number of sulfone groups is 1. The summed E-state index contributed by atoms with van der Waals surface area (Å²) in [5, 5.41) is 12.3. The molecule has 8 nitrogen and oxygen atoms in total. The van der Waals surface area contributed by atoms with Crippen LogP contribution in [0, 0.1) is 0 Å². The van der Waals surface area contributed by atoms with E-state index in [2.05, 4.69) is 29.3 Å². The topological polar surface area (TPSA) is 98.1 Å². The third-order valence-corrected chi connectivity index (χ3v) is 6.63. The smallest absolute Gasteiger partial charge is 0.246 e. The molecule has 0 bridgehead atoms. The maximum absolute atomic E-state index is 12.6. The molecule has 2 heterocycles. The van der Waals surface area contributed by atoms with Gasteiger partial charge >= 0.3 is 0 Å². The number of tetrazole rings is 1. The summed E-state index contributed by atoms with van der Waals surface area (Å²) in [5.74, 6) is 0.882. The number of nitrogens with zero attached hydrogens (tertiary/aromatic N) is 5. The van der Waals surface area contributed by atoms with Crippen molar-refractivity contribution in [3.05, 3.63) is 29.8 Å². The molecule has 1 amide bonds. The highest BCUT2D eigenvalue weighted by molar-refractivity contribution is 7.91. The van der Waals surface area contributed by atoms with Gasteiger partial charge in [-0.25, -0.2) is 8.42 Å². The summed E-state index contributed by atoms with van der Waals surface area (Å²) < 4.78 is 23.4. The standard InChI is InChI=1S/C18H25N5O3S/c1-4-22(16-9-10-27(25,26)12-16)17(24)11-23-20-18(19-21-23)15-7-5-14(6-8-15)13(2)3/h5-8,13,16H,4,9-12H2,1-3H3/t16-/m1/s1. The van der Waals surface area contributed by atoms with E-state index in [4.69, 9.17) is 0 Å². The maximum Gasteiger partial charge on any atom is 0.246 e. The number of rotatable bonds is 6. The molecule has 0 saturated carbocycles. The molecule has 1 aromatic heterocycles. The molecular weight excluding hydrogens is 366 g/mol. The predicted molar refractivity (Wildman–Crippen MR) is 102 cm³/mol. The first-order chi connectivity index (χ1) is 12.8. The number of carbonyl (C=O) groups excluding carboxylic acids is 1. The van der Waals surface area contributed by atoms with E-state index in [1.54, 1.807) is 4.90 Å². The van der Waals surface area contributed by atoms with E-state index in [0.717, 1.165) is 5.56 Å². The van der Waals surface area contributed by atoms with Crippen molar-refractivity contribution >= 4 is 15.7 Å². The van der Waals surface area contributed by atoms with Crippen LogP contribution in [0.4, 0.5) is 0 Å². The molecule has 0 unspecified atom stereocenters. The van der Waals surface area contributed by atoms with Crippen LogP contribution >= 0.6 is 0 Å². The summed E-state index contributed by atoms with van der Waals surface area (Å²) in [6.45, 7) is 6.51. The van der Waals surface area contributed by atoms with Crippen LogP contribution in [0.25, 0.3) is 11.4 Å². The van der Waals surface area contributed by atoms with Gasteiger partial charge in [0, 0.05) is 18.2 Å². The van der Waals surface area contributed by atoms with Gasteiger partial charge in [0.2, 0.25) is 11.7 Å². The highest BCUT2D eigenvalue weighted by Crippen LogP contribution is 2.20. The summed E-state index contributed by atoms with van der Waals surface area (Å²) in [4.78, 5) is 15.5. The van der Waals surface area contributed by atoms with E-state index >= 15 is 0 Å². The zero-order valence-corrected chi connectivity index (χ0v) is 16.7. The van der Waals surface area contributed by atoms with E-state index in [-0.39, 0.29) is 30.0 Å². The second-order valence-electron chi connectivity index (χ2n) is 7.16. The Kier molecular flexibility index (Phi) is 5.59. The van der Waals surface area contributed by atoms with E-state index in [0.29, 0.717) is 24.7 Å². The second-order valence-corrected chi connectivity index (χ2v) is 9.39. The quantitative estimate of drug-likeness (QED) is 0.740. The third kappa shape index (κ3) is 4.52. The number of amides is 1. The molecule has 2 aromatic rings. The van der Waals surface area contributed by atoms with E-state index in [9.17, 15) is 13.2 Å². The Morgan fingerprint density at radius 1 is 1.30 bits per heavy atom. The average molecular weight is 391 g/mol. The lowest BCUT2D eigenvalue weighted by atomic mass is 10.0. The van der Waals surface area contributed by atoms with Gasteiger partial charge in [-0.15, -0.1) is 10.2 Å². The van der Waals surface area contributed by atoms with Gasteiger partial charge < -0.3 is 4.90 Å². The molecule has 27 heavy (non-hydrogen) atoms. The fraction of sp³-hybridized carbons (Fsp3) is 0.556. The van der Waals surface area contributed by atoms with Crippen LogP contribution in [0.2, 0.25) is 0 Å². The lowest BCUT2D eigenvalue weighted by Crippen LogP contribution is -2.42. The van der Waals surface area contributed by atoms with Crippen LogP contribution in [0.5, 0.6) is 0 Å². The molecule has 0 aliphatic carbocycles. The third-order valence-electron chi connectivity index (χ3n) is 4.88. The largest absolute Gasteiger partial charge is 0.337 e. The molecule has 1 fully saturated rings. The zero-order chi connectivity index (χ0) is 19.6. The summed E-state index contributed by atoms with van der Waals surface area (Å²) in [7, 11) is -3.04. The molecule has 1 aliphatic rings. The van der Waals surface area contributed by atoms with Crippen molar-refractivity contribution in [2.75, 3.05) is 18.1 Å². The Morgan fingerprint density at radius 3 is 2.56 bits per heavy atom. The maximum atomic E-state index is 12.6. The molecule has 0 radical (unpaired) electrons. The van der Waals surface area contributed by atoms with Gasteiger partial charge in [0.25, 0.3) is 0 Å². The highest BCUT2D eigenvalue weighted by Gasteiger charge is 2.34. The van der Waals surface area contributed by atoms with Crippen LogP contribution in [0.3, 0.4) is 0 Å². The predicted octanol–water partition coefficient (Wildman–Crippen LogP) is 1.50. The molecule has 3 rings (SSSR count). The summed E-state index contributed by atoms with van der Waals surface area (Å²) in [5.41, 5.74) is 2.07. The van der Waals surface area contributed by atoms with Gasteiger partial charge in [0.1, 0.15) is 6.54 Å². The van der Waals surface area contributed by atoms with Crippen LogP contribution in [0.15, 0.2) is 24.3 Å². The summed E-state index contributed by atoms with van der Waals surface area (Å²) in [6, 6.07) is 7.69. The summed E-state index contributed by atoms with van der Waals surface area (Å²) >= 11 is 0. The highest BCUT2D eigenvalue weighted by atomic mass is 32.2. The van der Waals surface area contributed by atoms with Gasteiger partial charge in [0.15, 0.2) is 9.84 Å². The Morgan fingerprint density at radius 2 is 2.00 bits per heavy atom. The lowest BCUT2D eigenvalue weighted by molar-refractivity contribution is -0.133. The average Bonchev–Trinajstić information content (AvgIpc) is 3.22. The monoisotopic (exact) mass is 391 g/mol. The van der Waals surface area contributed by atoms with Crippen LogP contribution in [0.1, 0.15) is 38.7 Å². The number of benzene rings is 1. The molecule has 1 aliphatic heterocycles. The number of aromatic nitrogens is 4. The van der Waals surface area contributed by atoms with E-state index < -0.39 is 9.84 Å². The fourth-order valence-corrected chi connectivity index (χ4v) is 5.04. The minimum Gasteiger partial charge on any atom is -0.337 e. The molecular formula is C18H25N5O3S. The number of hydrogen-bond donors (Lipinski definition) is 0. The number of likely N-dealkylation sites (N-methyl/N-ethyl adjacent to an activating group) is 1. The van der Waals surface area contributed by atoms with Crippen molar-refractivity contribution in [1.82, 2.24) is 25.1 Å². The second kappa shape index (κ2) is 7.75. The SMILES string of the molecule is CCN(C(=O)Cn1nnc(-c2ccc(C(C)C)cc2)n1)[C@@H]1CCS(=O)(=O)C1. The Balaban J connectivity index is 1.68. The van der Waals surface area contributed by atoms with Crippen LogP contribution in [-0.2, 0) is 21.2 Å². The van der Waals surface area contributed by atoms with Crippen LogP contribution in [-0.4, -0.2) is 63.5 Å². The van der Waals surface area contributed by atoms with Crippen molar-refractivity contribution in [1.29, 1.82) is 0 Å². The van der Waals surface area contributed by atoms with E-state index in [1.807, 2.05) is 31.2 Å². The molecule has 1 aromatic carbocycles. The Hall–Kier alpha value is -2.29. The van der Waals surface area contributed by atoms with Crippen molar-refractivity contribution in [3.8, 4) is 11.4 Å². The van der Waals surface area contributed by atoms with Crippen LogP contribution < -0.4 is 0 Å². The molecule has 0 N–H and O–H groups in total. The fourth-order valence-electron chi connectivity index (χ4n) is 3.31. The lowest BCUT2D eigenvalue weighted by Gasteiger charge is -2.26. The van der Waals surface area contributed by atoms with Gasteiger partial charge in [-0.2, -0.15) is 4.80 Å². The molecule has 1 atom stereocenters. The normalized spacial score (nSPS) is 18.7. The minimum atomic E-state index is -3.04. The Labute approximate surface area is 159 Å². The van der Waals surface area contributed by atoms with Crippen molar-refractivity contribution in [3.63, 3.8) is 0 Å². The first kappa shape index (κ1) is 19.5. The first-order valence-electron chi connectivity index (χ1n) is 9.17. The van der Waals surface area contributed by atoms with Gasteiger partial charge in [-0.05, 0) is 30.0 Å².